The van der Waals surface area contributed by atoms with E-state index in [4.69, 9.17) is 5.26 Å². The maximum absolute atomic E-state index is 8.95. The van der Waals surface area contributed by atoms with Gasteiger partial charge in [-0.1, -0.05) is 0 Å². The number of hydrogen-bond acceptors (Lipinski definition) is 4. The second-order valence-electron chi connectivity index (χ2n) is 4.84. The fourth-order valence-corrected chi connectivity index (χ4v) is 2.37. The van der Waals surface area contributed by atoms with Gasteiger partial charge in [0.25, 0.3) is 0 Å². The molecule has 0 saturated heterocycles. The van der Waals surface area contributed by atoms with Crippen LogP contribution in [0.4, 0.5) is 0 Å². The summed E-state index contributed by atoms with van der Waals surface area (Å²) in [4.78, 5) is 5.49. The molecule has 0 fully saturated rings. The van der Waals surface area contributed by atoms with Crippen LogP contribution in [0.25, 0.3) is 0 Å². The van der Waals surface area contributed by atoms with E-state index in [0.717, 1.165) is 18.7 Å². The zero-order valence-corrected chi connectivity index (χ0v) is 11.2. The Balaban J connectivity index is 2.40. The van der Waals surface area contributed by atoms with Crippen molar-refractivity contribution in [3.05, 3.63) is 16.1 Å². The van der Waals surface area contributed by atoms with Gasteiger partial charge in [0.15, 0.2) is 0 Å². The fraction of sp³-hybridized carbons (Fsp3) is 0.667. The lowest BCUT2D eigenvalue weighted by Crippen LogP contribution is -2.30. The van der Waals surface area contributed by atoms with Crippen molar-refractivity contribution in [1.29, 1.82) is 5.26 Å². The lowest BCUT2D eigenvalue weighted by molar-refractivity contribution is 0.369. The Morgan fingerprint density at radius 3 is 2.81 bits per heavy atom. The lowest BCUT2D eigenvalue weighted by Gasteiger charge is -2.21. The molecule has 0 saturated carbocycles. The van der Waals surface area contributed by atoms with Crippen molar-refractivity contribution in [2.24, 2.45) is 5.41 Å². The van der Waals surface area contributed by atoms with Crippen LogP contribution in [-0.2, 0) is 6.54 Å². The topological polar surface area (TPSA) is 48.7 Å². The highest BCUT2D eigenvalue weighted by molar-refractivity contribution is 7.09. The molecule has 0 bridgehead atoms. The first-order valence-corrected chi connectivity index (χ1v) is 6.36. The Morgan fingerprint density at radius 1 is 1.62 bits per heavy atom. The minimum absolute atomic E-state index is 0.255. The molecule has 16 heavy (non-hydrogen) atoms. The highest BCUT2D eigenvalue weighted by atomic mass is 32.1. The van der Waals surface area contributed by atoms with Crippen LogP contribution < -0.4 is 5.32 Å². The van der Waals surface area contributed by atoms with E-state index in [9.17, 15) is 0 Å². The highest BCUT2D eigenvalue weighted by Crippen LogP contribution is 2.21. The van der Waals surface area contributed by atoms with Crippen LogP contribution in [0.1, 0.15) is 37.8 Å². The Kier molecular flexibility index (Phi) is 4.45. The SMILES string of the molecule is Cc1ncsc1CN[C@@H](C)CC(C)(C)C#N. The molecule has 1 atom stereocenters. The van der Waals surface area contributed by atoms with Crippen LogP contribution >= 0.6 is 11.3 Å². The van der Waals surface area contributed by atoms with E-state index in [1.807, 2.05) is 26.3 Å². The first-order chi connectivity index (χ1) is 7.44. The van der Waals surface area contributed by atoms with Crippen LogP contribution in [-0.4, -0.2) is 11.0 Å². The van der Waals surface area contributed by atoms with Crippen molar-refractivity contribution in [3.63, 3.8) is 0 Å². The van der Waals surface area contributed by atoms with Crippen LogP contribution in [0.2, 0.25) is 0 Å². The highest BCUT2D eigenvalue weighted by Gasteiger charge is 2.20. The molecule has 1 heterocycles. The summed E-state index contributed by atoms with van der Waals surface area (Å²) in [5, 5.41) is 12.4. The number of rotatable bonds is 5. The van der Waals surface area contributed by atoms with E-state index >= 15 is 0 Å². The number of nitriles is 1. The number of thiazole rings is 1. The second-order valence-corrected chi connectivity index (χ2v) is 5.78. The molecule has 0 aromatic carbocycles. The van der Waals surface area contributed by atoms with Gasteiger partial charge in [0.1, 0.15) is 0 Å². The van der Waals surface area contributed by atoms with Crippen molar-refractivity contribution in [2.45, 2.75) is 46.7 Å². The van der Waals surface area contributed by atoms with Crippen molar-refractivity contribution in [1.82, 2.24) is 10.3 Å². The van der Waals surface area contributed by atoms with Crippen LogP contribution in [0.5, 0.6) is 0 Å². The van der Waals surface area contributed by atoms with Gasteiger partial charge < -0.3 is 5.32 Å². The molecular weight excluding hydrogens is 218 g/mol. The summed E-state index contributed by atoms with van der Waals surface area (Å²) in [5.41, 5.74) is 2.72. The summed E-state index contributed by atoms with van der Waals surface area (Å²) in [7, 11) is 0. The van der Waals surface area contributed by atoms with Gasteiger partial charge in [-0.05, 0) is 34.1 Å². The molecular formula is C12H19N3S. The molecule has 1 aromatic rings. The Bertz CT molecular complexity index is 376. The molecule has 4 heteroatoms. The van der Waals surface area contributed by atoms with E-state index in [2.05, 4.69) is 23.3 Å². The van der Waals surface area contributed by atoms with E-state index in [0.29, 0.717) is 6.04 Å². The molecule has 0 spiro atoms. The predicted molar refractivity (Wildman–Crippen MR) is 67.2 cm³/mol. The van der Waals surface area contributed by atoms with Crippen molar-refractivity contribution in [2.75, 3.05) is 0 Å². The van der Waals surface area contributed by atoms with Crippen LogP contribution in [0, 0.1) is 23.7 Å². The smallest absolute Gasteiger partial charge is 0.0798 e. The average molecular weight is 237 g/mol. The molecule has 1 rings (SSSR count). The summed E-state index contributed by atoms with van der Waals surface area (Å²) in [5.74, 6) is 0. The maximum Gasteiger partial charge on any atom is 0.0798 e. The number of nitrogens with zero attached hydrogens (tertiary/aromatic N) is 2. The summed E-state index contributed by atoms with van der Waals surface area (Å²) >= 11 is 1.68. The standard InChI is InChI=1S/C12H19N3S/c1-9(5-12(3,4)7-13)14-6-11-10(2)15-8-16-11/h8-9,14H,5-6H2,1-4H3/t9-/m0/s1. The lowest BCUT2D eigenvalue weighted by atomic mass is 9.88. The second kappa shape index (κ2) is 5.42. The van der Waals surface area contributed by atoms with Crippen molar-refractivity contribution >= 4 is 11.3 Å². The molecule has 0 aliphatic heterocycles. The van der Waals surface area contributed by atoms with E-state index in [1.54, 1.807) is 11.3 Å². The predicted octanol–water partition coefficient (Wildman–Crippen LogP) is 2.87. The quantitative estimate of drug-likeness (QED) is 0.856. The molecule has 0 aliphatic carbocycles. The van der Waals surface area contributed by atoms with Crippen LogP contribution in [0.3, 0.4) is 0 Å². The van der Waals surface area contributed by atoms with Crippen molar-refractivity contribution in [3.8, 4) is 6.07 Å². The Morgan fingerprint density at radius 2 is 2.31 bits per heavy atom. The van der Waals surface area contributed by atoms with Gasteiger partial charge in [-0.15, -0.1) is 11.3 Å². The molecule has 88 valence electrons. The monoisotopic (exact) mass is 237 g/mol. The fourth-order valence-electron chi connectivity index (χ4n) is 1.65. The summed E-state index contributed by atoms with van der Waals surface area (Å²) in [6.07, 6.45) is 0.862. The van der Waals surface area contributed by atoms with Gasteiger partial charge in [0.2, 0.25) is 0 Å². The summed E-state index contributed by atoms with van der Waals surface area (Å²) in [6.45, 7) is 8.94. The molecule has 0 unspecified atom stereocenters. The molecule has 1 N–H and O–H groups in total. The first kappa shape index (κ1) is 13.1. The van der Waals surface area contributed by atoms with Gasteiger partial charge in [0, 0.05) is 17.5 Å². The zero-order chi connectivity index (χ0) is 12.2. The number of aryl methyl sites for hydroxylation is 1. The Hall–Kier alpha value is -0.920. The summed E-state index contributed by atoms with van der Waals surface area (Å²) in [6, 6.07) is 2.67. The minimum atomic E-state index is -0.255. The first-order valence-electron chi connectivity index (χ1n) is 5.48. The molecule has 0 aliphatic rings. The summed E-state index contributed by atoms with van der Waals surface area (Å²) < 4.78 is 0. The van der Waals surface area contributed by atoms with Gasteiger partial charge in [0.05, 0.1) is 22.7 Å². The third-order valence-electron chi connectivity index (χ3n) is 2.58. The van der Waals surface area contributed by atoms with Gasteiger partial charge >= 0.3 is 0 Å². The maximum atomic E-state index is 8.95. The molecule has 3 nitrogen and oxygen atoms in total. The van der Waals surface area contributed by atoms with Gasteiger partial charge in [-0.3, -0.25) is 0 Å². The molecule has 0 radical (unpaired) electrons. The third-order valence-corrected chi connectivity index (χ3v) is 3.51. The van der Waals surface area contributed by atoms with E-state index in [1.165, 1.54) is 4.88 Å². The molecule has 1 aromatic heterocycles. The largest absolute Gasteiger partial charge is 0.309 e. The number of hydrogen-bond donors (Lipinski definition) is 1. The number of nitrogens with one attached hydrogen (secondary N) is 1. The van der Waals surface area contributed by atoms with Gasteiger partial charge in [-0.2, -0.15) is 5.26 Å². The zero-order valence-electron chi connectivity index (χ0n) is 10.4. The van der Waals surface area contributed by atoms with E-state index < -0.39 is 0 Å². The van der Waals surface area contributed by atoms with Crippen LogP contribution in [0.15, 0.2) is 5.51 Å². The van der Waals surface area contributed by atoms with Crippen molar-refractivity contribution < 1.29 is 0 Å². The van der Waals surface area contributed by atoms with E-state index in [-0.39, 0.29) is 5.41 Å². The normalized spacial score (nSPS) is 13.4. The average Bonchev–Trinajstić information content (AvgIpc) is 2.60. The minimum Gasteiger partial charge on any atom is -0.309 e. The molecule has 0 amide bonds. The third kappa shape index (κ3) is 3.92. The Labute approximate surface area is 102 Å². The van der Waals surface area contributed by atoms with Gasteiger partial charge in [-0.25, -0.2) is 4.98 Å². The number of aromatic nitrogens is 1.